The van der Waals surface area contributed by atoms with Crippen LogP contribution in [0, 0.1) is 0 Å². The molecule has 1 aromatic rings. The summed E-state index contributed by atoms with van der Waals surface area (Å²) in [5.74, 6) is 0.0988. The van der Waals surface area contributed by atoms with E-state index in [2.05, 4.69) is 19.7 Å². The lowest BCUT2D eigenvalue weighted by atomic mass is 9.92. The smallest absolute Gasteiger partial charge is 0.422 e. The quantitative estimate of drug-likeness (QED) is 0.768. The number of hydrogen-bond donors (Lipinski definition) is 3. The summed E-state index contributed by atoms with van der Waals surface area (Å²) in [4.78, 5) is 11.0. The summed E-state index contributed by atoms with van der Waals surface area (Å²) < 4.78 is 31.4. The summed E-state index contributed by atoms with van der Waals surface area (Å²) >= 11 is 0. The predicted octanol–water partition coefficient (Wildman–Crippen LogP) is 1.11. The second-order valence-corrected chi connectivity index (χ2v) is 6.26. The van der Waals surface area contributed by atoms with Crippen molar-refractivity contribution in [2.45, 2.75) is 33.1 Å². The van der Waals surface area contributed by atoms with Crippen LogP contribution in [0.25, 0.3) is 0 Å². The average Bonchev–Trinajstić information content (AvgIpc) is 2.63. The van der Waals surface area contributed by atoms with Gasteiger partial charge < -0.3 is 4.74 Å². The van der Waals surface area contributed by atoms with Gasteiger partial charge in [-0.1, -0.05) is 20.8 Å². The van der Waals surface area contributed by atoms with Gasteiger partial charge in [-0.2, -0.15) is 13.5 Å². The molecule has 1 rings (SSSR count). The van der Waals surface area contributed by atoms with Gasteiger partial charge in [0.05, 0.1) is 6.61 Å². The zero-order valence-corrected chi connectivity index (χ0v) is 12.1. The van der Waals surface area contributed by atoms with Crippen LogP contribution in [0.1, 0.15) is 33.4 Å². The highest BCUT2D eigenvalue weighted by Crippen LogP contribution is 2.22. The molecule has 1 heterocycles. The van der Waals surface area contributed by atoms with Gasteiger partial charge in [-0.25, -0.2) is 14.2 Å². The number of nitrogens with one attached hydrogen (secondary N) is 3. The Hall–Kier alpha value is -1.77. The summed E-state index contributed by atoms with van der Waals surface area (Å²) in [6.07, 6.45) is -1.04. The standard InChI is InChI=1S/C10H18N4O4S/c1-5-18-9(15)14-19(16,17)13-8-6-7(11-12-8)10(2,3)4/h6H,5H2,1-4H3,(H,14,15)(H2,11,12,13). The Morgan fingerprint density at radius 1 is 1.47 bits per heavy atom. The molecule has 0 aliphatic heterocycles. The average molecular weight is 290 g/mol. The number of amides is 1. The highest BCUT2D eigenvalue weighted by atomic mass is 32.2. The first-order valence-electron chi connectivity index (χ1n) is 5.67. The van der Waals surface area contributed by atoms with E-state index in [0.29, 0.717) is 0 Å². The van der Waals surface area contributed by atoms with Crippen molar-refractivity contribution in [2.24, 2.45) is 0 Å². The number of aromatic amines is 1. The van der Waals surface area contributed by atoms with Crippen molar-refractivity contribution in [1.82, 2.24) is 14.9 Å². The van der Waals surface area contributed by atoms with Crippen molar-refractivity contribution in [1.29, 1.82) is 0 Å². The summed E-state index contributed by atoms with van der Waals surface area (Å²) in [7, 11) is -4.05. The zero-order valence-electron chi connectivity index (χ0n) is 11.3. The van der Waals surface area contributed by atoms with Gasteiger partial charge in [-0.05, 0) is 6.92 Å². The summed E-state index contributed by atoms with van der Waals surface area (Å²) in [6.45, 7) is 7.52. The predicted molar refractivity (Wildman–Crippen MR) is 70.0 cm³/mol. The third-order valence-electron chi connectivity index (χ3n) is 2.12. The molecule has 8 nitrogen and oxygen atoms in total. The second-order valence-electron chi connectivity index (χ2n) is 4.84. The molecule has 3 N–H and O–H groups in total. The molecule has 108 valence electrons. The van der Waals surface area contributed by atoms with E-state index in [1.165, 1.54) is 0 Å². The molecule has 0 atom stereocenters. The fourth-order valence-electron chi connectivity index (χ4n) is 1.19. The van der Waals surface area contributed by atoms with E-state index in [1.807, 2.05) is 20.8 Å². The zero-order chi connectivity index (χ0) is 14.7. The molecule has 0 spiro atoms. The van der Waals surface area contributed by atoms with Gasteiger partial charge in [0, 0.05) is 17.2 Å². The van der Waals surface area contributed by atoms with Crippen molar-refractivity contribution >= 4 is 22.1 Å². The van der Waals surface area contributed by atoms with Gasteiger partial charge in [-0.15, -0.1) is 0 Å². The van der Waals surface area contributed by atoms with E-state index in [9.17, 15) is 13.2 Å². The third kappa shape index (κ3) is 4.78. The number of carbonyl (C=O) groups excluding carboxylic acids is 1. The van der Waals surface area contributed by atoms with E-state index in [0.717, 1.165) is 5.69 Å². The number of carbonyl (C=O) groups is 1. The van der Waals surface area contributed by atoms with Gasteiger partial charge in [0.15, 0.2) is 5.82 Å². The van der Waals surface area contributed by atoms with Crippen LogP contribution >= 0.6 is 0 Å². The van der Waals surface area contributed by atoms with Crippen molar-refractivity contribution in [3.63, 3.8) is 0 Å². The largest absolute Gasteiger partial charge is 0.449 e. The molecule has 0 saturated carbocycles. The van der Waals surface area contributed by atoms with E-state index in [-0.39, 0.29) is 17.8 Å². The fraction of sp³-hybridized carbons (Fsp3) is 0.600. The normalized spacial score (nSPS) is 12.0. The van der Waals surface area contributed by atoms with Crippen LogP contribution in [0.3, 0.4) is 0 Å². The van der Waals surface area contributed by atoms with E-state index < -0.39 is 16.3 Å². The van der Waals surface area contributed by atoms with Gasteiger partial charge in [0.25, 0.3) is 0 Å². The van der Waals surface area contributed by atoms with Gasteiger partial charge >= 0.3 is 16.3 Å². The Balaban J connectivity index is 2.74. The third-order valence-corrected chi connectivity index (χ3v) is 3.03. The van der Waals surface area contributed by atoms with Crippen LogP contribution in [-0.2, 0) is 20.4 Å². The second kappa shape index (κ2) is 5.47. The van der Waals surface area contributed by atoms with Gasteiger partial charge in [-0.3, -0.25) is 5.10 Å². The van der Waals surface area contributed by atoms with E-state index >= 15 is 0 Å². The van der Waals surface area contributed by atoms with Crippen molar-refractivity contribution < 1.29 is 17.9 Å². The van der Waals surface area contributed by atoms with Crippen LogP contribution in [0.4, 0.5) is 10.6 Å². The maximum absolute atomic E-state index is 11.6. The van der Waals surface area contributed by atoms with Crippen molar-refractivity contribution in [2.75, 3.05) is 11.3 Å². The minimum Gasteiger partial charge on any atom is -0.449 e. The highest BCUT2D eigenvalue weighted by Gasteiger charge is 2.20. The lowest BCUT2D eigenvalue weighted by Gasteiger charge is -2.14. The number of aromatic nitrogens is 2. The highest BCUT2D eigenvalue weighted by molar-refractivity contribution is 7.91. The topological polar surface area (TPSA) is 113 Å². The Morgan fingerprint density at radius 3 is 2.58 bits per heavy atom. The Morgan fingerprint density at radius 2 is 2.11 bits per heavy atom. The first-order valence-corrected chi connectivity index (χ1v) is 7.15. The molecule has 0 saturated heterocycles. The molecule has 1 amide bonds. The maximum atomic E-state index is 11.6. The number of hydrogen-bond acceptors (Lipinski definition) is 5. The van der Waals surface area contributed by atoms with Crippen molar-refractivity contribution in [3.8, 4) is 0 Å². The number of H-pyrrole nitrogens is 1. The minimum absolute atomic E-state index is 0.0813. The summed E-state index contributed by atoms with van der Waals surface area (Å²) in [5.41, 5.74) is 0.576. The first-order chi connectivity index (χ1) is 8.64. The van der Waals surface area contributed by atoms with Crippen LogP contribution < -0.4 is 9.44 Å². The number of anilines is 1. The summed E-state index contributed by atoms with van der Waals surface area (Å²) in [6, 6.07) is 1.56. The maximum Gasteiger partial charge on any atom is 0.422 e. The molecule has 1 aromatic heterocycles. The fourth-order valence-corrected chi connectivity index (χ4v) is 1.90. The van der Waals surface area contributed by atoms with E-state index in [4.69, 9.17) is 0 Å². The Labute approximate surface area is 112 Å². The monoisotopic (exact) mass is 290 g/mol. The molecule has 0 aromatic carbocycles. The van der Waals surface area contributed by atoms with Gasteiger partial charge in [0.2, 0.25) is 0 Å². The first kappa shape index (κ1) is 15.3. The van der Waals surface area contributed by atoms with Crippen molar-refractivity contribution in [3.05, 3.63) is 11.8 Å². The van der Waals surface area contributed by atoms with Gasteiger partial charge in [0.1, 0.15) is 0 Å². The molecule has 0 radical (unpaired) electrons. The Bertz CT molecular complexity index is 544. The molecule has 19 heavy (non-hydrogen) atoms. The number of rotatable bonds is 4. The van der Waals surface area contributed by atoms with E-state index in [1.54, 1.807) is 17.7 Å². The SMILES string of the molecule is CCOC(=O)NS(=O)(=O)Nc1cc(C(C)(C)C)[nH]n1. The lowest BCUT2D eigenvalue weighted by molar-refractivity contribution is 0.159. The summed E-state index contributed by atoms with van der Waals surface area (Å²) in [5, 5.41) is 6.54. The van der Waals surface area contributed by atoms with Crippen LogP contribution in [0.15, 0.2) is 6.07 Å². The molecule has 0 fully saturated rings. The molecule has 0 aliphatic carbocycles. The number of ether oxygens (including phenoxy) is 1. The van der Waals surface area contributed by atoms with Crippen LogP contribution in [0.5, 0.6) is 0 Å². The van der Waals surface area contributed by atoms with Crippen LogP contribution in [-0.4, -0.2) is 31.3 Å². The molecular formula is C10H18N4O4S. The molecular weight excluding hydrogens is 272 g/mol. The number of nitrogens with zero attached hydrogens (tertiary/aromatic N) is 1. The van der Waals surface area contributed by atoms with Crippen LogP contribution in [0.2, 0.25) is 0 Å². The molecule has 0 unspecified atom stereocenters. The minimum atomic E-state index is -4.05. The molecule has 0 bridgehead atoms. The molecule has 9 heteroatoms. The lowest BCUT2D eigenvalue weighted by Crippen LogP contribution is -2.35. The molecule has 0 aliphatic rings. The Kier molecular flexibility index (Phi) is 4.40.